The Morgan fingerprint density at radius 3 is 2.47 bits per heavy atom. The van der Waals surface area contributed by atoms with Crippen LogP contribution in [-0.4, -0.2) is 61.6 Å². The summed E-state index contributed by atoms with van der Waals surface area (Å²) in [5, 5.41) is 5.31. The van der Waals surface area contributed by atoms with Gasteiger partial charge in [0.15, 0.2) is 0 Å². The lowest BCUT2D eigenvalue weighted by Gasteiger charge is -2.34. The van der Waals surface area contributed by atoms with Gasteiger partial charge in [-0.05, 0) is 31.2 Å². The van der Waals surface area contributed by atoms with E-state index >= 15 is 0 Å². The molecule has 2 aromatic heterocycles. The molecule has 1 aliphatic rings. The third kappa shape index (κ3) is 3.80. The maximum absolute atomic E-state index is 13.1. The van der Waals surface area contributed by atoms with E-state index in [0.717, 1.165) is 35.4 Å². The van der Waals surface area contributed by atoms with Gasteiger partial charge in [-0.3, -0.25) is 9.69 Å². The topological polar surface area (TPSA) is 93.2 Å². The minimum Gasteiger partial charge on any atom is -0.383 e. The molecule has 2 N–H and O–H groups in total. The molecule has 1 aliphatic heterocycles. The van der Waals surface area contributed by atoms with E-state index in [1.165, 1.54) is 0 Å². The molecule has 0 atom stereocenters. The number of piperazine rings is 1. The molecular weight excluding hydrogens is 402 g/mol. The predicted octanol–water partition coefficient (Wildman–Crippen LogP) is 2.66. The SMILES string of the molecule is Cc1c(C(=O)N2CCN(Cc3nc(N)c4ccccc4n3)CC2)cnn1-c1ccccc1. The predicted molar refractivity (Wildman–Crippen MR) is 123 cm³/mol. The van der Waals surface area contributed by atoms with Gasteiger partial charge >= 0.3 is 0 Å². The Morgan fingerprint density at radius 2 is 1.69 bits per heavy atom. The largest absolute Gasteiger partial charge is 0.383 e. The van der Waals surface area contributed by atoms with Crippen LogP contribution in [0.1, 0.15) is 21.9 Å². The van der Waals surface area contributed by atoms with E-state index in [1.807, 2.05) is 71.1 Å². The summed E-state index contributed by atoms with van der Waals surface area (Å²) in [7, 11) is 0. The highest BCUT2D eigenvalue weighted by Crippen LogP contribution is 2.19. The van der Waals surface area contributed by atoms with Crippen LogP contribution >= 0.6 is 0 Å². The number of nitrogens with zero attached hydrogens (tertiary/aromatic N) is 6. The summed E-state index contributed by atoms with van der Waals surface area (Å²) in [6, 6.07) is 17.6. The maximum atomic E-state index is 13.1. The van der Waals surface area contributed by atoms with Crippen molar-refractivity contribution in [2.75, 3.05) is 31.9 Å². The van der Waals surface area contributed by atoms with Crippen LogP contribution in [0.3, 0.4) is 0 Å². The molecule has 0 saturated carbocycles. The van der Waals surface area contributed by atoms with Gasteiger partial charge in [0.2, 0.25) is 0 Å². The van der Waals surface area contributed by atoms with Crippen molar-refractivity contribution in [3.8, 4) is 5.69 Å². The lowest BCUT2D eigenvalue weighted by molar-refractivity contribution is 0.0625. The summed E-state index contributed by atoms with van der Waals surface area (Å²) in [5.41, 5.74) is 9.42. The van der Waals surface area contributed by atoms with Crippen molar-refractivity contribution in [3.63, 3.8) is 0 Å². The first-order chi connectivity index (χ1) is 15.6. The first kappa shape index (κ1) is 20.1. The van der Waals surface area contributed by atoms with Gasteiger partial charge in [0.05, 0.1) is 35.2 Å². The molecule has 0 spiro atoms. The number of hydrogen-bond acceptors (Lipinski definition) is 6. The molecule has 8 heteroatoms. The molecule has 0 aliphatic carbocycles. The molecule has 3 heterocycles. The van der Waals surface area contributed by atoms with Gasteiger partial charge in [0.25, 0.3) is 5.91 Å². The number of benzene rings is 2. The third-order valence-corrected chi connectivity index (χ3v) is 5.94. The summed E-state index contributed by atoms with van der Waals surface area (Å²) < 4.78 is 1.81. The van der Waals surface area contributed by atoms with Crippen LogP contribution in [0.4, 0.5) is 5.82 Å². The summed E-state index contributed by atoms with van der Waals surface area (Å²) in [6.07, 6.45) is 1.67. The minimum atomic E-state index is 0.0236. The van der Waals surface area contributed by atoms with E-state index in [4.69, 9.17) is 5.73 Å². The number of nitrogen functional groups attached to an aromatic ring is 1. The second kappa shape index (κ2) is 8.39. The number of para-hydroxylation sites is 2. The smallest absolute Gasteiger partial charge is 0.257 e. The van der Waals surface area contributed by atoms with Gasteiger partial charge < -0.3 is 10.6 Å². The Labute approximate surface area is 186 Å². The van der Waals surface area contributed by atoms with E-state index in [2.05, 4.69) is 20.0 Å². The Kier molecular flexibility index (Phi) is 5.28. The van der Waals surface area contributed by atoms with Gasteiger partial charge in [-0.2, -0.15) is 5.10 Å². The first-order valence-corrected chi connectivity index (χ1v) is 10.7. The highest BCUT2D eigenvalue weighted by atomic mass is 16.2. The number of rotatable bonds is 4. The summed E-state index contributed by atoms with van der Waals surface area (Å²) in [6.45, 7) is 5.37. The van der Waals surface area contributed by atoms with Crippen molar-refractivity contribution in [1.29, 1.82) is 0 Å². The standard InChI is InChI=1S/C24H25N7O/c1-17-20(15-26-31(17)18-7-3-2-4-8-18)24(32)30-13-11-29(12-14-30)16-22-27-21-10-6-5-9-19(21)23(25)28-22/h2-10,15H,11-14,16H2,1H3,(H2,25,27,28). The lowest BCUT2D eigenvalue weighted by Crippen LogP contribution is -2.48. The Balaban J connectivity index is 1.24. The quantitative estimate of drug-likeness (QED) is 0.538. The molecule has 4 aromatic rings. The lowest BCUT2D eigenvalue weighted by atomic mass is 10.2. The third-order valence-electron chi connectivity index (χ3n) is 5.94. The van der Waals surface area contributed by atoms with Gasteiger partial charge in [-0.15, -0.1) is 0 Å². The number of aromatic nitrogens is 4. The number of carbonyl (C=O) groups is 1. The fraction of sp³-hybridized carbons (Fsp3) is 0.250. The minimum absolute atomic E-state index is 0.0236. The molecule has 0 unspecified atom stereocenters. The van der Waals surface area contributed by atoms with Gasteiger partial charge in [0, 0.05) is 31.6 Å². The number of hydrogen-bond donors (Lipinski definition) is 1. The van der Waals surface area contributed by atoms with Crippen molar-refractivity contribution in [2.24, 2.45) is 0 Å². The van der Waals surface area contributed by atoms with E-state index in [0.29, 0.717) is 36.8 Å². The van der Waals surface area contributed by atoms with Crippen molar-refractivity contribution in [1.82, 2.24) is 29.5 Å². The highest BCUT2D eigenvalue weighted by molar-refractivity contribution is 5.95. The highest BCUT2D eigenvalue weighted by Gasteiger charge is 2.25. The maximum Gasteiger partial charge on any atom is 0.257 e. The Morgan fingerprint density at radius 1 is 0.969 bits per heavy atom. The number of carbonyl (C=O) groups excluding carboxylic acids is 1. The normalized spacial score (nSPS) is 14.7. The van der Waals surface area contributed by atoms with Crippen LogP contribution in [-0.2, 0) is 6.54 Å². The van der Waals surface area contributed by atoms with E-state index < -0.39 is 0 Å². The van der Waals surface area contributed by atoms with Crippen LogP contribution in [0.2, 0.25) is 0 Å². The number of amides is 1. The first-order valence-electron chi connectivity index (χ1n) is 10.7. The fourth-order valence-electron chi connectivity index (χ4n) is 4.15. The van der Waals surface area contributed by atoms with Crippen molar-refractivity contribution < 1.29 is 4.79 Å². The van der Waals surface area contributed by atoms with E-state index in [9.17, 15) is 4.79 Å². The van der Waals surface area contributed by atoms with Crippen molar-refractivity contribution in [3.05, 3.63) is 77.9 Å². The second-order valence-corrected chi connectivity index (χ2v) is 8.00. The molecule has 32 heavy (non-hydrogen) atoms. The summed E-state index contributed by atoms with van der Waals surface area (Å²) >= 11 is 0. The number of fused-ring (bicyclic) bond motifs is 1. The molecule has 1 fully saturated rings. The molecule has 2 aromatic carbocycles. The van der Waals surface area contributed by atoms with Crippen LogP contribution in [0.15, 0.2) is 60.8 Å². The van der Waals surface area contributed by atoms with Gasteiger partial charge in [-0.1, -0.05) is 30.3 Å². The molecular formula is C24H25N7O. The molecule has 0 bridgehead atoms. The molecule has 1 saturated heterocycles. The fourth-order valence-corrected chi connectivity index (χ4v) is 4.15. The Hall–Kier alpha value is -3.78. The van der Waals surface area contributed by atoms with Crippen LogP contribution in [0, 0.1) is 6.92 Å². The molecule has 1 amide bonds. The number of nitrogens with two attached hydrogens (primary N) is 1. The monoisotopic (exact) mass is 427 g/mol. The van der Waals surface area contributed by atoms with Crippen molar-refractivity contribution >= 4 is 22.6 Å². The zero-order valence-corrected chi connectivity index (χ0v) is 18.0. The van der Waals surface area contributed by atoms with Crippen LogP contribution < -0.4 is 5.73 Å². The van der Waals surface area contributed by atoms with E-state index in [1.54, 1.807) is 6.20 Å². The Bertz CT molecular complexity index is 1260. The second-order valence-electron chi connectivity index (χ2n) is 8.00. The zero-order valence-electron chi connectivity index (χ0n) is 18.0. The molecule has 5 rings (SSSR count). The van der Waals surface area contributed by atoms with Gasteiger partial charge in [0.1, 0.15) is 11.6 Å². The number of anilines is 1. The molecule has 0 radical (unpaired) electrons. The average molecular weight is 428 g/mol. The van der Waals surface area contributed by atoms with Gasteiger partial charge in [-0.25, -0.2) is 14.6 Å². The van der Waals surface area contributed by atoms with Crippen LogP contribution in [0.5, 0.6) is 0 Å². The van der Waals surface area contributed by atoms with E-state index in [-0.39, 0.29) is 5.91 Å². The summed E-state index contributed by atoms with van der Waals surface area (Å²) in [4.78, 5) is 26.4. The van der Waals surface area contributed by atoms with Crippen LogP contribution in [0.25, 0.3) is 16.6 Å². The molecule has 8 nitrogen and oxygen atoms in total. The average Bonchev–Trinajstić information content (AvgIpc) is 3.21. The van der Waals surface area contributed by atoms with Crippen molar-refractivity contribution in [2.45, 2.75) is 13.5 Å². The molecule has 162 valence electrons. The zero-order chi connectivity index (χ0) is 22.1. The summed E-state index contributed by atoms with van der Waals surface area (Å²) in [5.74, 6) is 1.24.